The zero-order valence-electron chi connectivity index (χ0n) is 17.5. The fraction of sp³-hybridized carbons (Fsp3) is 0.286. The highest BCUT2D eigenvalue weighted by Crippen LogP contribution is 2.28. The zero-order valence-corrected chi connectivity index (χ0v) is 17.5. The Morgan fingerprint density at radius 2 is 2.06 bits per heavy atom. The number of pyridine rings is 1. The quantitative estimate of drug-likeness (QED) is 0.525. The molecule has 176 valence electrons. The zero-order chi connectivity index (χ0) is 24.0. The van der Waals surface area contributed by atoms with Crippen LogP contribution >= 0.6 is 0 Å². The number of carbonyl (C=O) groups is 1. The van der Waals surface area contributed by atoms with E-state index in [0.29, 0.717) is 17.0 Å². The van der Waals surface area contributed by atoms with E-state index in [-0.39, 0.29) is 23.8 Å². The Bertz CT molecular complexity index is 1360. The van der Waals surface area contributed by atoms with Crippen molar-refractivity contribution in [1.82, 2.24) is 24.7 Å². The average Bonchev–Trinajstić information content (AvgIpc) is 3.40. The number of carbonyl (C=O) groups excluding carboxylic acids is 1. The van der Waals surface area contributed by atoms with Crippen LogP contribution in [0.3, 0.4) is 0 Å². The van der Waals surface area contributed by atoms with Gasteiger partial charge in [0.2, 0.25) is 5.91 Å². The van der Waals surface area contributed by atoms with Crippen molar-refractivity contribution in [2.24, 2.45) is 10.9 Å². The van der Waals surface area contributed by atoms with Crippen molar-refractivity contribution in [2.75, 3.05) is 6.61 Å². The van der Waals surface area contributed by atoms with Crippen molar-refractivity contribution in [1.29, 1.82) is 0 Å². The number of aliphatic imine (C=N–C) groups is 1. The monoisotopic (exact) mass is 476 g/mol. The number of amides is 1. The molecule has 0 spiro atoms. The molecule has 9 nitrogen and oxygen atoms in total. The number of dihydropyridines is 1. The fourth-order valence-electron chi connectivity index (χ4n) is 3.69. The standard InChI is InChI=1S/C21H16F4N6O3/c1-11-4-17(34-29-11)12-5-15(22)19-28-27-18(31(19)8-12)9-30-3-2-16-14(20(30)32)6-13(7-26-16)33-10-21(23,24)25/h2-8,14,16H,9-10H2,1H3. The first-order valence-electron chi connectivity index (χ1n) is 10.1. The molecule has 5 heterocycles. The Balaban J connectivity index is 1.40. The van der Waals surface area contributed by atoms with E-state index >= 15 is 0 Å². The number of allylic oxidation sites excluding steroid dienone is 1. The largest absolute Gasteiger partial charge is 0.483 e. The van der Waals surface area contributed by atoms with E-state index in [0.717, 1.165) is 0 Å². The van der Waals surface area contributed by atoms with Gasteiger partial charge in [0, 0.05) is 24.0 Å². The second kappa shape index (κ2) is 8.08. The van der Waals surface area contributed by atoms with E-state index in [1.165, 1.54) is 33.9 Å². The Labute approximate surface area is 189 Å². The molecule has 2 atom stereocenters. The van der Waals surface area contributed by atoms with Crippen LogP contribution < -0.4 is 0 Å². The summed E-state index contributed by atoms with van der Waals surface area (Å²) in [6.07, 6.45) is 2.70. The molecule has 0 bridgehead atoms. The van der Waals surface area contributed by atoms with Crippen molar-refractivity contribution < 1.29 is 31.6 Å². The van der Waals surface area contributed by atoms with Gasteiger partial charge in [-0.15, -0.1) is 10.2 Å². The lowest BCUT2D eigenvalue weighted by Crippen LogP contribution is -2.41. The number of nitrogens with zero attached hydrogens (tertiary/aromatic N) is 6. The van der Waals surface area contributed by atoms with Gasteiger partial charge in [-0.05, 0) is 25.1 Å². The number of aromatic nitrogens is 4. The molecule has 3 aromatic heterocycles. The molecule has 0 fully saturated rings. The summed E-state index contributed by atoms with van der Waals surface area (Å²) < 4.78 is 63.3. The van der Waals surface area contributed by atoms with E-state index in [4.69, 9.17) is 9.26 Å². The van der Waals surface area contributed by atoms with Gasteiger partial charge in [0.1, 0.15) is 5.76 Å². The lowest BCUT2D eigenvalue weighted by atomic mass is 9.93. The lowest BCUT2D eigenvalue weighted by molar-refractivity contribution is -0.163. The molecule has 1 amide bonds. The van der Waals surface area contributed by atoms with Gasteiger partial charge in [-0.2, -0.15) is 13.2 Å². The maximum absolute atomic E-state index is 14.6. The molecule has 2 unspecified atom stereocenters. The maximum Gasteiger partial charge on any atom is 0.422 e. The van der Waals surface area contributed by atoms with E-state index in [1.807, 2.05) is 0 Å². The van der Waals surface area contributed by atoms with Crippen LogP contribution in [0.15, 0.2) is 52.0 Å². The third-order valence-electron chi connectivity index (χ3n) is 5.27. The summed E-state index contributed by atoms with van der Waals surface area (Å²) in [5.41, 5.74) is 0.995. The normalized spacial score (nSPS) is 20.1. The predicted molar refractivity (Wildman–Crippen MR) is 109 cm³/mol. The minimum Gasteiger partial charge on any atom is -0.483 e. The average molecular weight is 476 g/mol. The molecule has 0 saturated carbocycles. The Morgan fingerprint density at radius 1 is 1.24 bits per heavy atom. The van der Waals surface area contributed by atoms with Crippen molar-refractivity contribution >= 4 is 17.8 Å². The third-order valence-corrected chi connectivity index (χ3v) is 5.27. The number of hydrogen-bond donors (Lipinski definition) is 0. The molecule has 0 aromatic carbocycles. The van der Waals surface area contributed by atoms with Gasteiger partial charge in [-0.3, -0.25) is 14.2 Å². The summed E-state index contributed by atoms with van der Waals surface area (Å²) >= 11 is 0. The van der Waals surface area contributed by atoms with Gasteiger partial charge in [0.05, 0.1) is 30.4 Å². The first-order valence-corrected chi connectivity index (χ1v) is 10.1. The Morgan fingerprint density at radius 3 is 2.79 bits per heavy atom. The molecular formula is C21H16F4N6O3. The summed E-state index contributed by atoms with van der Waals surface area (Å²) in [6, 6.07) is 2.34. The van der Waals surface area contributed by atoms with Crippen LogP contribution in [-0.4, -0.2) is 55.6 Å². The highest BCUT2D eigenvalue weighted by Gasteiger charge is 2.36. The van der Waals surface area contributed by atoms with Crippen LogP contribution in [0.2, 0.25) is 0 Å². The SMILES string of the molecule is Cc1cc(-c2cc(F)c3nnc(CN4C=CC5N=CC(OCC(F)(F)F)=CC5C4=O)n3c2)on1. The van der Waals surface area contributed by atoms with E-state index in [2.05, 4.69) is 20.3 Å². The van der Waals surface area contributed by atoms with Gasteiger partial charge in [0.25, 0.3) is 0 Å². The Hall–Kier alpha value is -4.03. The number of fused-ring (bicyclic) bond motifs is 2. The van der Waals surface area contributed by atoms with Gasteiger partial charge in [-0.1, -0.05) is 5.16 Å². The highest BCUT2D eigenvalue weighted by atomic mass is 19.4. The molecule has 5 rings (SSSR count). The minimum absolute atomic E-state index is 0.0358. The maximum atomic E-state index is 14.6. The van der Waals surface area contributed by atoms with Crippen LogP contribution in [0.1, 0.15) is 11.5 Å². The first kappa shape index (κ1) is 21.8. The number of hydrogen-bond acceptors (Lipinski definition) is 7. The molecule has 13 heteroatoms. The topological polar surface area (TPSA) is 98.1 Å². The molecule has 0 N–H and O–H groups in total. The predicted octanol–water partition coefficient (Wildman–Crippen LogP) is 3.22. The molecule has 0 aliphatic carbocycles. The first-order chi connectivity index (χ1) is 16.2. The number of rotatable bonds is 5. The molecule has 34 heavy (non-hydrogen) atoms. The summed E-state index contributed by atoms with van der Waals surface area (Å²) in [6.45, 7) is 0.186. The summed E-state index contributed by atoms with van der Waals surface area (Å²) in [4.78, 5) is 18.5. The van der Waals surface area contributed by atoms with Crippen molar-refractivity contribution in [3.8, 4) is 11.3 Å². The Kier molecular flexibility index (Phi) is 5.18. The highest BCUT2D eigenvalue weighted by molar-refractivity contribution is 5.88. The third kappa shape index (κ3) is 4.16. The number of ether oxygens (including phenoxy) is 1. The lowest BCUT2D eigenvalue weighted by Gasteiger charge is -2.31. The van der Waals surface area contributed by atoms with Gasteiger partial charge in [-0.25, -0.2) is 4.39 Å². The number of aryl methyl sites for hydroxylation is 1. The van der Waals surface area contributed by atoms with Crippen LogP contribution in [0.5, 0.6) is 0 Å². The molecule has 0 saturated heterocycles. The van der Waals surface area contributed by atoms with Crippen LogP contribution in [0.25, 0.3) is 17.0 Å². The van der Waals surface area contributed by atoms with Gasteiger partial charge < -0.3 is 14.2 Å². The second-order valence-corrected chi connectivity index (χ2v) is 7.79. The van der Waals surface area contributed by atoms with Crippen LogP contribution in [0.4, 0.5) is 17.6 Å². The van der Waals surface area contributed by atoms with Crippen molar-refractivity contribution in [2.45, 2.75) is 25.7 Å². The van der Waals surface area contributed by atoms with Gasteiger partial charge >= 0.3 is 6.18 Å². The molecule has 3 aromatic rings. The molecule has 0 radical (unpaired) electrons. The summed E-state index contributed by atoms with van der Waals surface area (Å²) in [5.74, 6) is -1.42. The minimum atomic E-state index is -4.51. The number of alkyl halides is 3. The van der Waals surface area contributed by atoms with Crippen LogP contribution in [0, 0.1) is 18.7 Å². The van der Waals surface area contributed by atoms with Crippen molar-refractivity contribution in [3.63, 3.8) is 0 Å². The molecule has 2 aliphatic heterocycles. The smallest absolute Gasteiger partial charge is 0.422 e. The van der Waals surface area contributed by atoms with E-state index in [9.17, 15) is 22.4 Å². The number of halogens is 4. The summed E-state index contributed by atoms with van der Waals surface area (Å²) in [7, 11) is 0. The van der Waals surface area contributed by atoms with E-state index in [1.54, 1.807) is 25.3 Å². The second-order valence-electron chi connectivity index (χ2n) is 7.79. The van der Waals surface area contributed by atoms with Crippen LogP contribution in [-0.2, 0) is 16.1 Å². The van der Waals surface area contributed by atoms with Gasteiger partial charge in [0.15, 0.2) is 29.7 Å². The van der Waals surface area contributed by atoms with E-state index < -0.39 is 36.5 Å². The summed E-state index contributed by atoms with van der Waals surface area (Å²) in [5, 5.41) is 11.7. The molecular weight excluding hydrogens is 460 g/mol. The van der Waals surface area contributed by atoms with Crippen molar-refractivity contribution in [3.05, 3.63) is 59.8 Å². The molecule has 2 aliphatic rings. The fourth-order valence-corrected chi connectivity index (χ4v) is 3.69.